The molecule has 0 heterocycles. The smallest absolute Gasteiger partial charge is 0.261 e. The first-order valence-electron chi connectivity index (χ1n) is 7.61. The first-order valence-corrected chi connectivity index (χ1v) is 9.48. The number of sulfonamides is 1. The molecule has 2 aromatic rings. The summed E-state index contributed by atoms with van der Waals surface area (Å²) in [5.74, 6) is -0.905. The zero-order valence-electron chi connectivity index (χ0n) is 13.7. The van der Waals surface area contributed by atoms with Crippen molar-refractivity contribution >= 4 is 33.2 Å². The van der Waals surface area contributed by atoms with Gasteiger partial charge in [-0.05, 0) is 55.8 Å². The van der Waals surface area contributed by atoms with E-state index in [0.717, 1.165) is 12.5 Å². The number of amides is 1. The number of carbonyl (C=O) groups excluding carboxylic acids is 1. The van der Waals surface area contributed by atoms with Crippen molar-refractivity contribution in [2.45, 2.75) is 31.2 Å². The second-order valence-corrected chi connectivity index (χ2v) is 7.63. The zero-order valence-corrected chi connectivity index (χ0v) is 15.3. The van der Waals surface area contributed by atoms with Crippen LogP contribution in [0.25, 0.3) is 0 Å². The third kappa shape index (κ3) is 4.93. The van der Waals surface area contributed by atoms with Crippen LogP contribution in [0.2, 0.25) is 5.02 Å². The van der Waals surface area contributed by atoms with Gasteiger partial charge in [0.15, 0.2) is 0 Å². The van der Waals surface area contributed by atoms with E-state index in [1.165, 1.54) is 36.4 Å². The predicted molar refractivity (Wildman–Crippen MR) is 95.9 cm³/mol. The number of halogens is 2. The van der Waals surface area contributed by atoms with E-state index >= 15 is 0 Å². The third-order valence-electron chi connectivity index (χ3n) is 3.59. The van der Waals surface area contributed by atoms with Crippen molar-refractivity contribution in [2.75, 3.05) is 4.72 Å². The molecule has 2 rings (SSSR count). The summed E-state index contributed by atoms with van der Waals surface area (Å²) in [5.41, 5.74) is 0.508. The summed E-state index contributed by atoms with van der Waals surface area (Å²) in [7, 11) is -3.88. The van der Waals surface area contributed by atoms with Crippen molar-refractivity contribution in [2.24, 2.45) is 0 Å². The Morgan fingerprint density at radius 1 is 1.20 bits per heavy atom. The van der Waals surface area contributed by atoms with Gasteiger partial charge < -0.3 is 5.32 Å². The summed E-state index contributed by atoms with van der Waals surface area (Å²) in [5, 5.41) is 2.62. The Morgan fingerprint density at radius 2 is 1.84 bits per heavy atom. The number of benzene rings is 2. The first kappa shape index (κ1) is 19.2. The molecule has 0 aromatic heterocycles. The lowest BCUT2D eigenvalue weighted by molar-refractivity contribution is 0.0939. The molecule has 1 atom stereocenters. The van der Waals surface area contributed by atoms with Gasteiger partial charge in [0.2, 0.25) is 0 Å². The lowest BCUT2D eigenvalue weighted by Crippen LogP contribution is -2.31. The first-order chi connectivity index (χ1) is 11.7. The molecule has 0 fully saturated rings. The molecule has 25 heavy (non-hydrogen) atoms. The number of nitrogens with one attached hydrogen (secondary N) is 2. The molecule has 0 bridgehead atoms. The molecule has 134 valence electrons. The summed E-state index contributed by atoms with van der Waals surface area (Å²) in [6, 6.07) is 9.09. The van der Waals surface area contributed by atoms with Gasteiger partial charge in [0.05, 0.1) is 15.6 Å². The minimum Gasteiger partial charge on any atom is -0.350 e. The molecule has 0 saturated carbocycles. The number of carbonyl (C=O) groups is 1. The molecule has 0 saturated heterocycles. The van der Waals surface area contributed by atoms with Gasteiger partial charge >= 0.3 is 0 Å². The lowest BCUT2D eigenvalue weighted by atomic mass is 10.2. The van der Waals surface area contributed by atoms with Gasteiger partial charge in [-0.2, -0.15) is 0 Å². The number of anilines is 1. The van der Waals surface area contributed by atoms with Crippen LogP contribution in [0.15, 0.2) is 47.4 Å². The highest BCUT2D eigenvalue weighted by Gasteiger charge is 2.16. The van der Waals surface area contributed by atoms with E-state index in [4.69, 9.17) is 11.6 Å². The summed E-state index contributed by atoms with van der Waals surface area (Å²) >= 11 is 5.64. The van der Waals surface area contributed by atoms with Gasteiger partial charge in [0.1, 0.15) is 5.82 Å². The van der Waals surface area contributed by atoms with E-state index in [2.05, 4.69) is 10.0 Å². The summed E-state index contributed by atoms with van der Waals surface area (Å²) in [6.45, 7) is 3.84. The molecule has 1 unspecified atom stereocenters. The highest BCUT2D eigenvalue weighted by atomic mass is 35.5. The maximum absolute atomic E-state index is 13.1. The second-order valence-electron chi connectivity index (χ2n) is 5.54. The molecule has 5 nitrogen and oxygen atoms in total. The molecule has 2 N–H and O–H groups in total. The van der Waals surface area contributed by atoms with Crippen molar-refractivity contribution in [1.29, 1.82) is 0 Å². The van der Waals surface area contributed by atoms with Crippen molar-refractivity contribution in [3.05, 3.63) is 58.9 Å². The highest BCUT2D eigenvalue weighted by Crippen LogP contribution is 2.22. The van der Waals surface area contributed by atoms with Gasteiger partial charge in [0, 0.05) is 11.6 Å². The molecular formula is C17H18ClFN2O3S. The lowest BCUT2D eigenvalue weighted by Gasteiger charge is -2.12. The van der Waals surface area contributed by atoms with Crippen molar-refractivity contribution in [1.82, 2.24) is 5.32 Å². The van der Waals surface area contributed by atoms with E-state index < -0.39 is 15.8 Å². The highest BCUT2D eigenvalue weighted by molar-refractivity contribution is 7.92. The van der Waals surface area contributed by atoms with Crippen LogP contribution in [-0.2, 0) is 10.0 Å². The average molecular weight is 385 g/mol. The maximum atomic E-state index is 13.1. The van der Waals surface area contributed by atoms with Crippen molar-refractivity contribution < 1.29 is 17.6 Å². The molecule has 0 aliphatic heterocycles. The molecule has 8 heteroatoms. The van der Waals surface area contributed by atoms with Gasteiger partial charge in [-0.15, -0.1) is 0 Å². The van der Waals surface area contributed by atoms with Gasteiger partial charge in [-0.25, -0.2) is 12.8 Å². The predicted octanol–water partition coefficient (Wildman–Crippen LogP) is 3.81. The Labute approximate surface area is 151 Å². The molecule has 1 amide bonds. The summed E-state index contributed by atoms with van der Waals surface area (Å²) in [4.78, 5) is 12.0. The van der Waals surface area contributed by atoms with Crippen molar-refractivity contribution in [3.8, 4) is 0 Å². The van der Waals surface area contributed by atoms with Crippen LogP contribution in [0.5, 0.6) is 0 Å². The normalized spacial score (nSPS) is 12.5. The van der Waals surface area contributed by atoms with E-state index in [1.54, 1.807) is 0 Å². The number of hydrogen-bond donors (Lipinski definition) is 2. The Kier molecular flexibility index (Phi) is 6.02. The van der Waals surface area contributed by atoms with Crippen LogP contribution in [-0.4, -0.2) is 20.4 Å². The number of hydrogen-bond acceptors (Lipinski definition) is 3. The topological polar surface area (TPSA) is 75.3 Å². The minimum atomic E-state index is -3.88. The Balaban J connectivity index is 2.17. The fraction of sp³-hybridized carbons (Fsp3) is 0.235. The Hall–Kier alpha value is -2.12. The SMILES string of the molecule is CCC(C)NC(=O)c1ccc(S(=O)(=O)Nc2ccc(F)c(Cl)c2)cc1. The standard InChI is InChI=1S/C17H18ClFN2O3S/c1-3-11(2)20-17(22)12-4-7-14(8-5-12)25(23,24)21-13-6-9-16(19)15(18)10-13/h4-11,21H,3H2,1-2H3,(H,20,22). The van der Waals surface area contributed by atoms with Crippen LogP contribution >= 0.6 is 11.6 Å². The van der Waals surface area contributed by atoms with Crippen LogP contribution < -0.4 is 10.0 Å². The van der Waals surface area contributed by atoms with E-state index in [-0.39, 0.29) is 27.6 Å². The minimum absolute atomic E-state index is 0.0203. The molecule has 0 radical (unpaired) electrons. The van der Waals surface area contributed by atoms with E-state index in [1.807, 2.05) is 13.8 Å². The molecule has 0 aliphatic rings. The van der Waals surface area contributed by atoms with E-state index in [0.29, 0.717) is 5.56 Å². The van der Waals surface area contributed by atoms with Crippen molar-refractivity contribution in [3.63, 3.8) is 0 Å². The van der Waals surface area contributed by atoms with E-state index in [9.17, 15) is 17.6 Å². The molecule has 2 aromatic carbocycles. The second kappa shape index (κ2) is 7.84. The number of rotatable bonds is 6. The average Bonchev–Trinajstić information content (AvgIpc) is 2.58. The maximum Gasteiger partial charge on any atom is 0.261 e. The molecular weight excluding hydrogens is 367 g/mol. The zero-order chi connectivity index (χ0) is 18.6. The summed E-state index contributed by atoms with van der Waals surface area (Å²) in [6.07, 6.45) is 0.794. The van der Waals surface area contributed by atoms with Gasteiger partial charge in [-0.1, -0.05) is 18.5 Å². The Morgan fingerprint density at radius 3 is 2.40 bits per heavy atom. The van der Waals surface area contributed by atoms with Crippen LogP contribution in [0, 0.1) is 5.82 Å². The largest absolute Gasteiger partial charge is 0.350 e. The van der Waals surface area contributed by atoms with Crippen LogP contribution in [0.3, 0.4) is 0 Å². The quantitative estimate of drug-likeness (QED) is 0.795. The fourth-order valence-electron chi connectivity index (χ4n) is 1.97. The Bertz CT molecular complexity index is 870. The molecule has 0 aliphatic carbocycles. The molecule has 0 spiro atoms. The summed E-state index contributed by atoms with van der Waals surface area (Å²) < 4.78 is 40.2. The fourth-order valence-corrected chi connectivity index (χ4v) is 3.20. The van der Waals surface area contributed by atoms with Crippen LogP contribution in [0.4, 0.5) is 10.1 Å². The van der Waals surface area contributed by atoms with Gasteiger partial charge in [0.25, 0.3) is 15.9 Å². The van der Waals surface area contributed by atoms with Gasteiger partial charge in [-0.3, -0.25) is 9.52 Å². The van der Waals surface area contributed by atoms with Crippen LogP contribution in [0.1, 0.15) is 30.6 Å². The third-order valence-corrected chi connectivity index (χ3v) is 5.28. The monoisotopic (exact) mass is 384 g/mol.